The lowest BCUT2D eigenvalue weighted by Gasteiger charge is -2.17. The lowest BCUT2D eigenvalue weighted by Crippen LogP contribution is -2.24. The summed E-state index contributed by atoms with van der Waals surface area (Å²) in [7, 11) is 0. The second kappa shape index (κ2) is 7.87. The minimum Gasteiger partial charge on any atom is -0.310 e. The molecule has 1 saturated heterocycles. The summed E-state index contributed by atoms with van der Waals surface area (Å²) < 4.78 is 0. The fraction of sp³-hybridized carbons (Fsp3) is 0.786. The molecule has 0 atom stereocenters. The maximum absolute atomic E-state index is 4.72. The van der Waals surface area contributed by atoms with Crippen LogP contribution in [0.3, 0.4) is 0 Å². The Morgan fingerprint density at radius 1 is 1.28 bits per heavy atom. The van der Waals surface area contributed by atoms with E-state index in [2.05, 4.69) is 22.5 Å². The molecule has 1 aliphatic rings. The van der Waals surface area contributed by atoms with Gasteiger partial charge in [-0.05, 0) is 38.9 Å². The summed E-state index contributed by atoms with van der Waals surface area (Å²) in [5, 5.41) is 6.87. The third-order valence-electron chi connectivity index (χ3n) is 3.39. The van der Waals surface area contributed by atoms with E-state index in [4.69, 9.17) is 4.98 Å². The van der Waals surface area contributed by atoms with Crippen molar-refractivity contribution in [2.45, 2.75) is 52.1 Å². The molecule has 0 aliphatic carbocycles. The van der Waals surface area contributed by atoms with Crippen LogP contribution in [0.2, 0.25) is 0 Å². The molecule has 4 heteroatoms. The predicted molar refractivity (Wildman–Crippen MR) is 77.9 cm³/mol. The van der Waals surface area contributed by atoms with Gasteiger partial charge in [-0.1, -0.05) is 19.8 Å². The van der Waals surface area contributed by atoms with Crippen molar-refractivity contribution in [3.05, 3.63) is 16.1 Å². The molecule has 2 heterocycles. The van der Waals surface area contributed by atoms with E-state index in [-0.39, 0.29) is 0 Å². The van der Waals surface area contributed by atoms with Crippen LogP contribution in [0.15, 0.2) is 5.38 Å². The van der Waals surface area contributed by atoms with Gasteiger partial charge in [0.1, 0.15) is 5.01 Å². The van der Waals surface area contributed by atoms with Crippen molar-refractivity contribution < 1.29 is 0 Å². The van der Waals surface area contributed by atoms with Gasteiger partial charge in [0.25, 0.3) is 0 Å². The predicted octanol–water partition coefficient (Wildman–Crippen LogP) is 3.02. The molecule has 3 nitrogen and oxygen atoms in total. The molecule has 2 rings (SSSR count). The van der Waals surface area contributed by atoms with Crippen molar-refractivity contribution in [1.82, 2.24) is 15.2 Å². The number of rotatable bonds is 6. The van der Waals surface area contributed by atoms with Crippen LogP contribution < -0.4 is 5.32 Å². The van der Waals surface area contributed by atoms with E-state index in [1.54, 1.807) is 11.3 Å². The third-order valence-corrected chi connectivity index (χ3v) is 4.28. The van der Waals surface area contributed by atoms with Gasteiger partial charge in [0.05, 0.1) is 5.69 Å². The van der Waals surface area contributed by atoms with E-state index >= 15 is 0 Å². The molecule has 0 saturated carbocycles. The van der Waals surface area contributed by atoms with Gasteiger partial charge >= 0.3 is 0 Å². The van der Waals surface area contributed by atoms with Gasteiger partial charge in [-0.15, -0.1) is 11.3 Å². The first kappa shape index (κ1) is 14.0. The van der Waals surface area contributed by atoms with Crippen LogP contribution in [0.25, 0.3) is 0 Å². The Labute approximate surface area is 115 Å². The monoisotopic (exact) mass is 267 g/mol. The Kier molecular flexibility index (Phi) is 6.11. The fourth-order valence-corrected chi connectivity index (χ4v) is 3.15. The zero-order chi connectivity index (χ0) is 12.6. The molecule has 102 valence electrons. The average molecular weight is 267 g/mol. The molecule has 0 amide bonds. The molecule has 1 N–H and O–H groups in total. The molecule has 0 bridgehead atoms. The van der Waals surface area contributed by atoms with Crippen LogP contribution in [-0.2, 0) is 13.1 Å². The SMILES string of the molecule is CCCNCc1nc(CN2CCCCCC2)cs1. The van der Waals surface area contributed by atoms with Crippen LogP contribution >= 0.6 is 11.3 Å². The molecule has 1 fully saturated rings. The topological polar surface area (TPSA) is 28.2 Å². The average Bonchev–Trinajstić information content (AvgIpc) is 2.65. The lowest BCUT2D eigenvalue weighted by molar-refractivity contribution is 0.274. The normalized spacial score (nSPS) is 17.8. The molecular formula is C14H25N3S. The first-order chi connectivity index (χ1) is 8.88. The second-order valence-electron chi connectivity index (χ2n) is 5.10. The smallest absolute Gasteiger partial charge is 0.107 e. The summed E-state index contributed by atoms with van der Waals surface area (Å²) in [4.78, 5) is 7.28. The van der Waals surface area contributed by atoms with E-state index in [0.717, 1.165) is 19.6 Å². The Balaban J connectivity index is 1.78. The van der Waals surface area contributed by atoms with Crippen molar-refractivity contribution in [2.75, 3.05) is 19.6 Å². The highest BCUT2D eigenvalue weighted by molar-refractivity contribution is 7.09. The van der Waals surface area contributed by atoms with Gasteiger partial charge in [-0.2, -0.15) is 0 Å². The van der Waals surface area contributed by atoms with E-state index in [9.17, 15) is 0 Å². The van der Waals surface area contributed by atoms with Gasteiger partial charge in [-0.3, -0.25) is 4.90 Å². The summed E-state index contributed by atoms with van der Waals surface area (Å²) in [5.41, 5.74) is 1.26. The van der Waals surface area contributed by atoms with Crippen LogP contribution in [-0.4, -0.2) is 29.5 Å². The number of nitrogens with zero attached hydrogens (tertiary/aromatic N) is 2. The fourth-order valence-electron chi connectivity index (χ4n) is 2.40. The number of nitrogens with one attached hydrogen (secondary N) is 1. The van der Waals surface area contributed by atoms with Gasteiger partial charge in [-0.25, -0.2) is 4.98 Å². The maximum atomic E-state index is 4.72. The summed E-state index contributed by atoms with van der Waals surface area (Å²) in [6, 6.07) is 0. The van der Waals surface area contributed by atoms with Crippen molar-refractivity contribution >= 4 is 11.3 Å². The van der Waals surface area contributed by atoms with E-state index in [0.29, 0.717) is 0 Å². The zero-order valence-electron chi connectivity index (χ0n) is 11.5. The standard InChI is InChI=1S/C14H25N3S/c1-2-7-15-10-14-16-13(12-18-14)11-17-8-5-3-4-6-9-17/h12,15H,2-11H2,1H3. The van der Waals surface area contributed by atoms with E-state index in [1.807, 2.05) is 0 Å². The van der Waals surface area contributed by atoms with Gasteiger partial charge in [0.2, 0.25) is 0 Å². The Bertz CT molecular complexity index is 330. The quantitative estimate of drug-likeness (QED) is 0.803. The highest BCUT2D eigenvalue weighted by atomic mass is 32.1. The molecular weight excluding hydrogens is 242 g/mol. The number of likely N-dealkylation sites (tertiary alicyclic amines) is 1. The van der Waals surface area contributed by atoms with Crippen molar-refractivity contribution in [1.29, 1.82) is 0 Å². The van der Waals surface area contributed by atoms with Crippen molar-refractivity contribution in [3.63, 3.8) is 0 Å². The molecule has 0 aromatic carbocycles. The Morgan fingerprint density at radius 2 is 2.06 bits per heavy atom. The molecule has 0 unspecified atom stereocenters. The summed E-state index contributed by atoms with van der Waals surface area (Å²) in [6.07, 6.45) is 6.70. The van der Waals surface area contributed by atoms with Crippen molar-refractivity contribution in [3.8, 4) is 0 Å². The molecule has 0 radical (unpaired) electrons. The van der Waals surface area contributed by atoms with Gasteiger partial charge in [0.15, 0.2) is 0 Å². The first-order valence-electron chi connectivity index (χ1n) is 7.25. The Morgan fingerprint density at radius 3 is 2.78 bits per heavy atom. The van der Waals surface area contributed by atoms with E-state index in [1.165, 1.54) is 55.9 Å². The third kappa shape index (κ3) is 4.67. The number of thiazole rings is 1. The summed E-state index contributed by atoms with van der Waals surface area (Å²) in [6.45, 7) is 7.76. The maximum Gasteiger partial charge on any atom is 0.107 e. The number of hydrogen-bond donors (Lipinski definition) is 1. The summed E-state index contributed by atoms with van der Waals surface area (Å²) in [5.74, 6) is 0. The molecule has 18 heavy (non-hydrogen) atoms. The van der Waals surface area contributed by atoms with Gasteiger partial charge in [0, 0.05) is 18.5 Å². The van der Waals surface area contributed by atoms with E-state index < -0.39 is 0 Å². The molecule has 0 spiro atoms. The van der Waals surface area contributed by atoms with Crippen LogP contribution in [0.1, 0.15) is 49.7 Å². The lowest BCUT2D eigenvalue weighted by atomic mass is 10.2. The number of aromatic nitrogens is 1. The molecule has 1 aromatic heterocycles. The Hall–Kier alpha value is -0.450. The molecule has 1 aromatic rings. The highest BCUT2D eigenvalue weighted by Crippen LogP contribution is 2.15. The van der Waals surface area contributed by atoms with Crippen molar-refractivity contribution in [2.24, 2.45) is 0 Å². The highest BCUT2D eigenvalue weighted by Gasteiger charge is 2.11. The van der Waals surface area contributed by atoms with Crippen LogP contribution in [0.4, 0.5) is 0 Å². The summed E-state index contributed by atoms with van der Waals surface area (Å²) >= 11 is 1.79. The minimum absolute atomic E-state index is 0.929. The van der Waals surface area contributed by atoms with Gasteiger partial charge < -0.3 is 5.32 Å². The van der Waals surface area contributed by atoms with Crippen LogP contribution in [0.5, 0.6) is 0 Å². The molecule has 1 aliphatic heterocycles. The largest absolute Gasteiger partial charge is 0.310 e. The minimum atomic E-state index is 0.929. The number of hydrogen-bond acceptors (Lipinski definition) is 4. The second-order valence-corrected chi connectivity index (χ2v) is 6.04. The zero-order valence-corrected chi connectivity index (χ0v) is 12.3. The first-order valence-corrected chi connectivity index (χ1v) is 8.13. The van der Waals surface area contributed by atoms with Crippen LogP contribution in [0, 0.1) is 0 Å².